The van der Waals surface area contributed by atoms with Gasteiger partial charge in [-0.25, -0.2) is 4.98 Å². The molecule has 0 saturated heterocycles. The van der Waals surface area contributed by atoms with Gasteiger partial charge >= 0.3 is 0 Å². The van der Waals surface area contributed by atoms with Crippen LogP contribution in [0.4, 0.5) is 0 Å². The fraction of sp³-hybridized carbons (Fsp3) is 0.824. The van der Waals surface area contributed by atoms with Crippen LogP contribution < -0.4 is 5.32 Å². The Bertz CT molecular complexity index is 397. The van der Waals surface area contributed by atoms with Crippen LogP contribution in [0.25, 0.3) is 0 Å². The molecule has 1 fully saturated rings. The first-order valence-electron chi connectivity index (χ1n) is 8.17. The molecule has 1 aliphatic rings. The molecular weight excluding hydrogens is 264 g/mol. The summed E-state index contributed by atoms with van der Waals surface area (Å²) in [5.74, 6) is 0.991. The van der Waals surface area contributed by atoms with Crippen LogP contribution in [0.3, 0.4) is 0 Å². The van der Waals surface area contributed by atoms with Crippen molar-refractivity contribution in [1.29, 1.82) is 0 Å². The van der Waals surface area contributed by atoms with E-state index in [4.69, 9.17) is 4.98 Å². The second-order valence-corrected chi connectivity index (χ2v) is 8.21. The Labute approximate surface area is 128 Å². The molecule has 1 N–H and O–H groups in total. The van der Waals surface area contributed by atoms with E-state index >= 15 is 0 Å². The Morgan fingerprint density at radius 1 is 1.25 bits per heavy atom. The Kier molecular flexibility index (Phi) is 5.62. The number of rotatable bonds is 5. The number of nitrogens with one attached hydrogen (secondary N) is 1. The summed E-state index contributed by atoms with van der Waals surface area (Å²) in [7, 11) is 0. The van der Waals surface area contributed by atoms with Crippen LogP contribution >= 0.6 is 11.3 Å². The van der Waals surface area contributed by atoms with Crippen molar-refractivity contribution in [2.24, 2.45) is 5.92 Å². The molecule has 0 spiro atoms. The highest BCUT2D eigenvalue weighted by molar-refractivity contribution is 7.09. The zero-order valence-corrected chi connectivity index (χ0v) is 14.4. The number of nitrogens with zero attached hydrogens (tertiary/aromatic N) is 1. The first-order valence-corrected chi connectivity index (χ1v) is 9.05. The summed E-state index contributed by atoms with van der Waals surface area (Å²) >= 11 is 1.80. The molecule has 1 aromatic heterocycles. The van der Waals surface area contributed by atoms with Gasteiger partial charge in [0.2, 0.25) is 0 Å². The molecule has 1 aliphatic carbocycles. The van der Waals surface area contributed by atoms with Gasteiger partial charge in [-0.1, -0.05) is 40.5 Å². The average molecular weight is 295 g/mol. The molecule has 1 saturated carbocycles. The summed E-state index contributed by atoms with van der Waals surface area (Å²) in [6, 6.07) is 0.713. The highest BCUT2D eigenvalue weighted by Crippen LogP contribution is 2.28. The van der Waals surface area contributed by atoms with Crippen LogP contribution in [-0.4, -0.2) is 11.0 Å². The van der Waals surface area contributed by atoms with Crippen LogP contribution in [0.2, 0.25) is 0 Å². The van der Waals surface area contributed by atoms with Crippen molar-refractivity contribution in [3.05, 3.63) is 16.1 Å². The van der Waals surface area contributed by atoms with E-state index in [2.05, 4.69) is 38.4 Å². The van der Waals surface area contributed by atoms with E-state index in [0.29, 0.717) is 6.04 Å². The maximum Gasteiger partial charge on any atom is 0.107 e. The third-order valence-electron chi connectivity index (χ3n) is 4.41. The lowest BCUT2D eigenvalue weighted by Crippen LogP contribution is -2.32. The molecule has 114 valence electrons. The van der Waals surface area contributed by atoms with E-state index in [0.717, 1.165) is 12.5 Å². The molecule has 0 amide bonds. The SMILES string of the molecule is CCCC1CCC(NCc2nc(C(C)(C)C)cs2)CC1. The summed E-state index contributed by atoms with van der Waals surface area (Å²) in [5, 5.41) is 7.17. The van der Waals surface area contributed by atoms with Crippen LogP contribution in [0.1, 0.15) is 76.9 Å². The maximum atomic E-state index is 4.77. The minimum atomic E-state index is 0.174. The highest BCUT2D eigenvalue weighted by Gasteiger charge is 2.21. The van der Waals surface area contributed by atoms with Gasteiger partial charge in [-0.2, -0.15) is 0 Å². The third kappa shape index (κ3) is 4.56. The second-order valence-electron chi connectivity index (χ2n) is 7.26. The summed E-state index contributed by atoms with van der Waals surface area (Å²) < 4.78 is 0. The third-order valence-corrected chi connectivity index (χ3v) is 5.25. The summed E-state index contributed by atoms with van der Waals surface area (Å²) in [6.07, 6.45) is 8.29. The Balaban J connectivity index is 1.75. The zero-order valence-electron chi connectivity index (χ0n) is 13.5. The summed E-state index contributed by atoms with van der Waals surface area (Å²) in [4.78, 5) is 4.77. The van der Waals surface area contributed by atoms with Gasteiger partial charge in [-0.05, 0) is 31.6 Å². The molecule has 0 bridgehead atoms. The van der Waals surface area contributed by atoms with Crippen molar-refractivity contribution in [2.45, 2.75) is 84.2 Å². The monoisotopic (exact) mass is 294 g/mol. The number of hydrogen-bond donors (Lipinski definition) is 1. The molecule has 2 nitrogen and oxygen atoms in total. The van der Waals surface area contributed by atoms with Gasteiger partial charge in [-0.3, -0.25) is 0 Å². The number of thiazole rings is 1. The predicted molar refractivity (Wildman–Crippen MR) is 88.3 cm³/mol. The van der Waals surface area contributed by atoms with Gasteiger partial charge in [0.25, 0.3) is 0 Å². The molecule has 2 rings (SSSR count). The van der Waals surface area contributed by atoms with Crippen molar-refractivity contribution in [1.82, 2.24) is 10.3 Å². The van der Waals surface area contributed by atoms with Crippen molar-refractivity contribution < 1.29 is 0 Å². The zero-order chi connectivity index (χ0) is 14.6. The van der Waals surface area contributed by atoms with E-state index in [9.17, 15) is 0 Å². The topological polar surface area (TPSA) is 24.9 Å². The Hall–Kier alpha value is -0.410. The lowest BCUT2D eigenvalue weighted by molar-refractivity contribution is 0.277. The number of aromatic nitrogens is 1. The predicted octanol–water partition coefficient (Wildman–Crippen LogP) is 4.89. The normalized spacial score (nSPS) is 24.0. The minimum absolute atomic E-state index is 0.174. The van der Waals surface area contributed by atoms with Crippen molar-refractivity contribution in [3.8, 4) is 0 Å². The Morgan fingerprint density at radius 3 is 2.50 bits per heavy atom. The molecule has 3 heteroatoms. The Morgan fingerprint density at radius 2 is 1.95 bits per heavy atom. The highest BCUT2D eigenvalue weighted by atomic mass is 32.1. The van der Waals surface area contributed by atoms with E-state index in [1.165, 1.54) is 49.2 Å². The molecule has 1 aromatic rings. The van der Waals surface area contributed by atoms with Gasteiger partial charge < -0.3 is 5.32 Å². The van der Waals surface area contributed by atoms with Gasteiger partial charge in [0.05, 0.1) is 5.69 Å². The second kappa shape index (κ2) is 7.04. The van der Waals surface area contributed by atoms with Crippen molar-refractivity contribution >= 4 is 11.3 Å². The van der Waals surface area contributed by atoms with Crippen LogP contribution in [-0.2, 0) is 12.0 Å². The fourth-order valence-corrected chi connectivity index (χ4v) is 4.00. The fourth-order valence-electron chi connectivity index (χ4n) is 3.03. The molecule has 20 heavy (non-hydrogen) atoms. The van der Waals surface area contributed by atoms with Crippen LogP contribution in [0, 0.1) is 5.92 Å². The molecule has 0 unspecified atom stereocenters. The maximum absolute atomic E-state index is 4.77. The van der Waals surface area contributed by atoms with Gasteiger partial charge in [-0.15, -0.1) is 11.3 Å². The van der Waals surface area contributed by atoms with Gasteiger partial charge in [0.15, 0.2) is 0 Å². The van der Waals surface area contributed by atoms with Gasteiger partial charge in [0.1, 0.15) is 5.01 Å². The molecule has 1 heterocycles. The van der Waals surface area contributed by atoms with E-state index in [1.54, 1.807) is 11.3 Å². The van der Waals surface area contributed by atoms with Crippen molar-refractivity contribution in [2.75, 3.05) is 0 Å². The first kappa shape index (κ1) is 16.0. The van der Waals surface area contributed by atoms with E-state index < -0.39 is 0 Å². The smallest absolute Gasteiger partial charge is 0.107 e. The summed E-state index contributed by atoms with van der Waals surface area (Å²) in [6.45, 7) is 9.94. The molecule has 0 aliphatic heterocycles. The molecular formula is C17H30N2S. The van der Waals surface area contributed by atoms with E-state index in [-0.39, 0.29) is 5.41 Å². The largest absolute Gasteiger partial charge is 0.308 e. The summed E-state index contributed by atoms with van der Waals surface area (Å²) in [5.41, 5.74) is 1.40. The lowest BCUT2D eigenvalue weighted by Gasteiger charge is -2.28. The molecule has 0 atom stereocenters. The van der Waals surface area contributed by atoms with Crippen molar-refractivity contribution in [3.63, 3.8) is 0 Å². The van der Waals surface area contributed by atoms with Crippen LogP contribution in [0.5, 0.6) is 0 Å². The van der Waals surface area contributed by atoms with Gasteiger partial charge in [0, 0.05) is 23.4 Å². The molecule has 0 radical (unpaired) electrons. The minimum Gasteiger partial charge on any atom is -0.308 e. The average Bonchev–Trinajstić information content (AvgIpc) is 2.87. The molecule has 0 aromatic carbocycles. The first-order chi connectivity index (χ1) is 9.49. The standard InChI is InChI=1S/C17H30N2S/c1-5-6-13-7-9-14(10-8-13)18-11-16-19-15(12-20-16)17(2,3)4/h12-14,18H,5-11H2,1-4H3. The quantitative estimate of drug-likeness (QED) is 0.836. The van der Waals surface area contributed by atoms with Crippen LogP contribution in [0.15, 0.2) is 5.38 Å². The van der Waals surface area contributed by atoms with E-state index in [1.807, 2.05) is 0 Å². The lowest BCUT2D eigenvalue weighted by atomic mass is 9.83. The number of hydrogen-bond acceptors (Lipinski definition) is 3.